The molecule has 5 heteroatoms. The summed E-state index contributed by atoms with van der Waals surface area (Å²) in [5.41, 5.74) is 0.402. The summed E-state index contributed by atoms with van der Waals surface area (Å²) < 4.78 is 7.17. The van der Waals surface area contributed by atoms with Gasteiger partial charge in [-0.2, -0.15) is 0 Å². The third-order valence-electron chi connectivity index (χ3n) is 3.66. The normalized spacial score (nSPS) is 18.5. The van der Waals surface area contributed by atoms with Crippen molar-refractivity contribution >= 4 is 16.9 Å². The Labute approximate surface area is 115 Å². The quantitative estimate of drug-likeness (QED) is 0.927. The van der Waals surface area contributed by atoms with E-state index in [1.54, 1.807) is 28.8 Å². The number of rotatable bonds is 3. The highest BCUT2D eigenvalue weighted by Crippen LogP contribution is 2.19. The van der Waals surface area contributed by atoms with Crippen LogP contribution in [0.25, 0.3) is 10.9 Å². The maximum atomic E-state index is 12.2. The highest BCUT2D eigenvalue weighted by molar-refractivity contribution is 6.02. The number of aromatic nitrogens is 1. The molecule has 1 aromatic carbocycles. The van der Waals surface area contributed by atoms with Crippen LogP contribution >= 0.6 is 0 Å². The smallest absolute Gasteiger partial charge is 0.336 e. The van der Waals surface area contributed by atoms with E-state index in [1.807, 2.05) is 0 Å². The van der Waals surface area contributed by atoms with Crippen molar-refractivity contribution in [2.75, 3.05) is 6.61 Å². The van der Waals surface area contributed by atoms with E-state index >= 15 is 0 Å². The molecule has 1 saturated heterocycles. The van der Waals surface area contributed by atoms with Crippen molar-refractivity contribution in [2.45, 2.75) is 25.5 Å². The first kappa shape index (κ1) is 12.9. The lowest BCUT2D eigenvalue weighted by Gasteiger charge is -2.15. The van der Waals surface area contributed by atoms with E-state index in [4.69, 9.17) is 4.74 Å². The Balaban J connectivity index is 2.16. The van der Waals surface area contributed by atoms with Crippen LogP contribution in [-0.2, 0) is 11.3 Å². The second-order valence-corrected chi connectivity index (χ2v) is 4.96. The molecule has 5 nitrogen and oxygen atoms in total. The van der Waals surface area contributed by atoms with Gasteiger partial charge in [-0.1, -0.05) is 18.2 Å². The van der Waals surface area contributed by atoms with Crippen LogP contribution in [0.3, 0.4) is 0 Å². The van der Waals surface area contributed by atoms with Crippen molar-refractivity contribution in [1.29, 1.82) is 0 Å². The van der Waals surface area contributed by atoms with Crippen LogP contribution in [-0.4, -0.2) is 28.4 Å². The molecule has 0 radical (unpaired) electrons. The molecule has 0 spiro atoms. The van der Waals surface area contributed by atoms with E-state index in [-0.39, 0.29) is 17.2 Å². The minimum atomic E-state index is -1.08. The van der Waals surface area contributed by atoms with Gasteiger partial charge in [-0.3, -0.25) is 4.79 Å². The number of carbonyl (C=O) groups is 1. The van der Waals surface area contributed by atoms with Crippen LogP contribution in [0.4, 0.5) is 0 Å². The van der Waals surface area contributed by atoms with Crippen molar-refractivity contribution in [3.63, 3.8) is 0 Å². The molecule has 3 rings (SSSR count). The van der Waals surface area contributed by atoms with E-state index in [0.717, 1.165) is 19.4 Å². The molecule has 0 saturated carbocycles. The molecular weight excluding hydrogens is 258 g/mol. The largest absolute Gasteiger partial charge is 0.478 e. The number of benzene rings is 1. The first-order valence-electron chi connectivity index (χ1n) is 6.64. The minimum absolute atomic E-state index is 0.0341. The third kappa shape index (κ3) is 2.20. The topological polar surface area (TPSA) is 68.5 Å². The van der Waals surface area contributed by atoms with E-state index < -0.39 is 5.97 Å². The second kappa shape index (κ2) is 5.09. The predicted molar refractivity (Wildman–Crippen MR) is 74.1 cm³/mol. The maximum absolute atomic E-state index is 12.2. The zero-order valence-electron chi connectivity index (χ0n) is 10.9. The molecule has 0 bridgehead atoms. The SMILES string of the molecule is O=C(O)c1cc(=O)n(CC2CCCO2)c2ccccc12. The van der Waals surface area contributed by atoms with Gasteiger partial charge in [-0.05, 0) is 18.9 Å². The van der Waals surface area contributed by atoms with Crippen molar-refractivity contribution in [2.24, 2.45) is 0 Å². The van der Waals surface area contributed by atoms with Gasteiger partial charge in [0.2, 0.25) is 0 Å². The van der Waals surface area contributed by atoms with Gasteiger partial charge in [0, 0.05) is 18.1 Å². The molecule has 104 valence electrons. The highest BCUT2D eigenvalue weighted by Gasteiger charge is 2.19. The van der Waals surface area contributed by atoms with Crippen LogP contribution in [0.5, 0.6) is 0 Å². The van der Waals surface area contributed by atoms with Gasteiger partial charge in [-0.15, -0.1) is 0 Å². The van der Waals surface area contributed by atoms with Crippen LogP contribution in [0, 0.1) is 0 Å². The van der Waals surface area contributed by atoms with Gasteiger partial charge in [-0.25, -0.2) is 4.79 Å². The first-order chi connectivity index (χ1) is 9.66. The molecule has 2 heterocycles. The Hall–Kier alpha value is -2.14. The number of aromatic carboxylic acids is 1. The molecule has 1 aromatic heterocycles. The van der Waals surface area contributed by atoms with E-state index in [9.17, 15) is 14.7 Å². The average Bonchev–Trinajstić information content (AvgIpc) is 2.94. The summed E-state index contributed by atoms with van der Waals surface area (Å²) in [6, 6.07) is 8.27. The fourth-order valence-corrected chi connectivity index (χ4v) is 2.69. The molecular formula is C15H15NO4. The fraction of sp³-hybridized carbons (Fsp3) is 0.333. The van der Waals surface area contributed by atoms with E-state index in [0.29, 0.717) is 17.4 Å². The Morgan fingerprint density at radius 1 is 1.40 bits per heavy atom. The van der Waals surface area contributed by atoms with E-state index in [2.05, 4.69) is 0 Å². The summed E-state index contributed by atoms with van der Waals surface area (Å²) in [7, 11) is 0. The summed E-state index contributed by atoms with van der Waals surface area (Å²) >= 11 is 0. The van der Waals surface area contributed by atoms with Gasteiger partial charge in [0.05, 0.1) is 23.7 Å². The maximum Gasteiger partial charge on any atom is 0.336 e. The Morgan fingerprint density at radius 2 is 2.20 bits per heavy atom. The van der Waals surface area contributed by atoms with Gasteiger partial charge in [0.1, 0.15) is 0 Å². The molecule has 1 aliphatic heterocycles. The summed E-state index contributed by atoms with van der Waals surface area (Å²) in [6.45, 7) is 1.20. The predicted octanol–water partition coefficient (Wildman–Crippen LogP) is 1.88. The Kier molecular flexibility index (Phi) is 3.28. The minimum Gasteiger partial charge on any atom is -0.478 e. The molecule has 1 unspecified atom stereocenters. The van der Waals surface area contributed by atoms with Crippen LogP contribution < -0.4 is 5.56 Å². The van der Waals surface area contributed by atoms with Crippen molar-refractivity contribution < 1.29 is 14.6 Å². The number of fused-ring (bicyclic) bond motifs is 1. The number of carboxylic acid groups (broad SMARTS) is 1. The average molecular weight is 273 g/mol. The molecule has 20 heavy (non-hydrogen) atoms. The van der Waals surface area contributed by atoms with Crippen LogP contribution in [0.2, 0.25) is 0 Å². The van der Waals surface area contributed by atoms with Gasteiger partial charge in [0.25, 0.3) is 5.56 Å². The molecule has 1 aliphatic rings. The van der Waals surface area contributed by atoms with Crippen molar-refractivity contribution in [3.8, 4) is 0 Å². The molecule has 0 amide bonds. The lowest BCUT2D eigenvalue weighted by molar-refractivity contribution is 0.0698. The van der Waals surface area contributed by atoms with Crippen molar-refractivity contribution in [1.82, 2.24) is 4.57 Å². The Bertz CT molecular complexity index is 713. The number of pyridine rings is 1. The summed E-state index contributed by atoms with van der Waals surface area (Å²) in [5.74, 6) is -1.08. The number of ether oxygens (including phenoxy) is 1. The third-order valence-corrected chi connectivity index (χ3v) is 3.66. The number of nitrogens with zero attached hydrogens (tertiary/aromatic N) is 1. The lowest BCUT2D eigenvalue weighted by atomic mass is 10.1. The van der Waals surface area contributed by atoms with E-state index in [1.165, 1.54) is 6.07 Å². The van der Waals surface area contributed by atoms with Gasteiger partial charge < -0.3 is 14.4 Å². The first-order valence-corrected chi connectivity index (χ1v) is 6.64. The fourth-order valence-electron chi connectivity index (χ4n) is 2.69. The van der Waals surface area contributed by atoms with Gasteiger partial charge >= 0.3 is 5.97 Å². The molecule has 2 aromatic rings. The lowest BCUT2D eigenvalue weighted by Crippen LogP contribution is -2.27. The molecule has 1 N–H and O–H groups in total. The number of para-hydroxylation sites is 1. The molecule has 1 atom stereocenters. The van der Waals surface area contributed by atoms with Crippen molar-refractivity contribution in [3.05, 3.63) is 46.2 Å². The van der Waals surface area contributed by atoms with Crippen LogP contribution in [0.1, 0.15) is 23.2 Å². The second-order valence-electron chi connectivity index (χ2n) is 4.96. The monoisotopic (exact) mass is 273 g/mol. The zero-order chi connectivity index (χ0) is 14.1. The molecule has 1 fully saturated rings. The highest BCUT2D eigenvalue weighted by atomic mass is 16.5. The van der Waals surface area contributed by atoms with Gasteiger partial charge in [0.15, 0.2) is 0 Å². The number of hydrogen-bond acceptors (Lipinski definition) is 3. The molecule has 0 aliphatic carbocycles. The number of hydrogen-bond donors (Lipinski definition) is 1. The van der Waals surface area contributed by atoms with Crippen LogP contribution in [0.15, 0.2) is 35.1 Å². The summed E-state index contributed by atoms with van der Waals surface area (Å²) in [5, 5.41) is 9.79. The number of carboxylic acids is 1. The Morgan fingerprint density at radius 3 is 2.90 bits per heavy atom. The standard InChI is InChI=1S/C15H15NO4/c17-14-8-12(15(18)19)11-5-1-2-6-13(11)16(14)9-10-4-3-7-20-10/h1-2,5-6,8,10H,3-4,7,9H2,(H,18,19). The summed E-state index contributed by atoms with van der Waals surface area (Å²) in [4.78, 5) is 23.4. The summed E-state index contributed by atoms with van der Waals surface area (Å²) in [6.07, 6.45) is 1.97. The zero-order valence-corrected chi connectivity index (χ0v) is 10.9.